The summed E-state index contributed by atoms with van der Waals surface area (Å²) in [6.07, 6.45) is 3.14. The summed E-state index contributed by atoms with van der Waals surface area (Å²) in [7, 11) is 1.73. The maximum atomic E-state index is 14.2. The van der Waals surface area contributed by atoms with Crippen LogP contribution in [0.25, 0.3) is 11.8 Å². The highest BCUT2D eigenvalue weighted by Crippen LogP contribution is 2.37. The topological polar surface area (TPSA) is 28.2 Å². The normalized spacial score (nSPS) is 11.2. The van der Waals surface area contributed by atoms with Gasteiger partial charge in [-0.15, -0.1) is 0 Å². The number of pyridine rings is 1. The van der Waals surface area contributed by atoms with Crippen LogP contribution in [0.1, 0.15) is 37.5 Å². The van der Waals surface area contributed by atoms with Crippen LogP contribution in [0.2, 0.25) is 5.02 Å². The van der Waals surface area contributed by atoms with Gasteiger partial charge in [0, 0.05) is 35.0 Å². The molecule has 0 saturated heterocycles. The average molecular weight is 468 g/mol. The van der Waals surface area contributed by atoms with Gasteiger partial charge >= 0.3 is 0 Å². The first kappa shape index (κ1) is 23.9. The monoisotopic (exact) mass is 467 g/mol. The third kappa shape index (κ3) is 5.17. The van der Waals surface area contributed by atoms with Gasteiger partial charge in [0.15, 0.2) is 0 Å². The van der Waals surface area contributed by atoms with Crippen molar-refractivity contribution in [2.75, 3.05) is 16.7 Å². The first-order valence-electron chi connectivity index (χ1n) is 10.2. The van der Waals surface area contributed by atoms with Gasteiger partial charge in [-0.1, -0.05) is 63.7 Å². The summed E-state index contributed by atoms with van der Waals surface area (Å²) in [5, 5.41) is 0.506. The van der Waals surface area contributed by atoms with Gasteiger partial charge in [-0.05, 0) is 59.3 Å². The summed E-state index contributed by atoms with van der Waals surface area (Å²) >= 11 is 8.05. The lowest BCUT2D eigenvalue weighted by Crippen LogP contribution is -2.17. The van der Waals surface area contributed by atoms with Crippen LogP contribution in [-0.4, -0.2) is 12.0 Å². The zero-order valence-corrected chi connectivity index (χ0v) is 20.3. The molecule has 32 heavy (non-hydrogen) atoms. The highest BCUT2D eigenvalue weighted by atomic mass is 35.5. The fourth-order valence-electron chi connectivity index (χ4n) is 3.26. The van der Waals surface area contributed by atoms with Crippen molar-refractivity contribution in [3.63, 3.8) is 0 Å². The number of hydrogen-bond donors (Lipinski definition) is 1. The zero-order valence-electron chi connectivity index (χ0n) is 18.7. The molecule has 0 atom stereocenters. The van der Waals surface area contributed by atoms with E-state index in [0.29, 0.717) is 22.0 Å². The second-order valence-corrected chi connectivity index (χ2v) is 9.67. The molecule has 0 unspecified atom stereocenters. The summed E-state index contributed by atoms with van der Waals surface area (Å²) in [4.78, 5) is 6.44. The van der Waals surface area contributed by atoms with Crippen molar-refractivity contribution in [2.45, 2.75) is 31.1 Å². The van der Waals surface area contributed by atoms with Crippen LogP contribution < -0.4 is 9.62 Å². The molecule has 1 heterocycles. The largest absolute Gasteiger partial charge is 0.341 e. The Labute approximate surface area is 199 Å². The molecule has 2 aromatic carbocycles. The molecular weight excluding hydrogens is 441 g/mol. The summed E-state index contributed by atoms with van der Waals surface area (Å²) in [5.74, 6) is -0.573. The SMILES string of the molecule is C=Cc1c(NSc2ccc(C(C)(C)C)cc2)ccc(Cl)c1C(=C)N(C)c1cccnc1F. The Kier molecular flexibility index (Phi) is 7.32. The van der Waals surface area contributed by atoms with Crippen LogP contribution in [0, 0.1) is 5.95 Å². The van der Waals surface area contributed by atoms with Gasteiger partial charge in [0.25, 0.3) is 0 Å². The number of nitrogens with one attached hydrogen (secondary N) is 1. The van der Waals surface area contributed by atoms with E-state index in [9.17, 15) is 4.39 Å². The van der Waals surface area contributed by atoms with Crippen LogP contribution in [0.15, 0.2) is 72.8 Å². The molecule has 0 radical (unpaired) electrons. The van der Waals surface area contributed by atoms with E-state index in [-0.39, 0.29) is 5.41 Å². The minimum Gasteiger partial charge on any atom is -0.341 e. The van der Waals surface area contributed by atoms with Crippen molar-refractivity contribution in [1.82, 2.24) is 4.98 Å². The number of hydrogen-bond acceptors (Lipinski definition) is 4. The molecule has 1 N–H and O–H groups in total. The molecule has 3 rings (SSSR count). The molecule has 3 aromatic rings. The van der Waals surface area contributed by atoms with E-state index in [1.54, 1.807) is 36.2 Å². The quantitative estimate of drug-likeness (QED) is 0.281. The van der Waals surface area contributed by atoms with Crippen LogP contribution in [0.3, 0.4) is 0 Å². The zero-order chi connectivity index (χ0) is 23.5. The minimum absolute atomic E-state index is 0.109. The summed E-state index contributed by atoms with van der Waals surface area (Å²) in [5.41, 5.74) is 4.56. The molecule has 0 bridgehead atoms. The predicted molar refractivity (Wildman–Crippen MR) is 138 cm³/mol. The summed E-state index contributed by atoms with van der Waals surface area (Å²) < 4.78 is 17.6. The molecule has 0 aliphatic rings. The van der Waals surface area contributed by atoms with Crippen molar-refractivity contribution < 1.29 is 4.39 Å². The van der Waals surface area contributed by atoms with E-state index in [1.807, 2.05) is 6.07 Å². The lowest BCUT2D eigenvalue weighted by molar-refractivity contribution is 0.584. The van der Waals surface area contributed by atoms with Gasteiger partial charge in [0.05, 0.1) is 16.4 Å². The van der Waals surface area contributed by atoms with E-state index in [4.69, 9.17) is 11.6 Å². The fourth-order valence-corrected chi connectivity index (χ4v) is 4.22. The first-order chi connectivity index (χ1) is 15.1. The lowest BCUT2D eigenvalue weighted by atomic mass is 9.87. The summed E-state index contributed by atoms with van der Waals surface area (Å²) in [6.45, 7) is 14.7. The number of halogens is 2. The number of benzene rings is 2. The van der Waals surface area contributed by atoms with Gasteiger partial charge in [-0.25, -0.2) is 4.98 Å². The van der Waals surface area contributed by atoms with E-state index >= 15 is 0 Å². The molecule has 0 saturated carbocycles. The molecule has 3 nitrogen and oxygen atoms in total. The Hall–Kier alpha value is -2.76. The van der Waals surface area contributed by atoms with Gasteiger partial charge in [-0.3, -0.25) is 0 Å². The highest BCUT2D eigenvalue weighted by molar-refractivity contribution is 8.00. The van der Waals surface area contributed by atoms with Crippen LogP contribution in [0.4, 0.5) is 15.8 Å². The molecule has 0 amide bonds. The second-order valence-electron chi connectivity index (χ2n) is 8.39. The Balaban J connectivity index is 1.88. The number of anilines is 2. The second kappa shape index (κ2) is 9.80. The smallest absolute Gasteiger partial charge is 0.236 e. The summed E-state index contributed by atoms with van der Waals surface area (Å²) in [6, 6.07) is 15.5. The van der Waals surface area contributed by atoms with Gasteiger partial charge in [0.1, 0.15) is 0 Å². The van der Waals surface area contributed by atoms with Gasteiger partial charge < -0.3 is 9.62 Å². The first-order valence-corrected chi connectivity index (χ1v) is 11.3. The lowest BCUT2D eigenvalue weighted by Gasteiger charge is -2.25. The molecule has 6 heteroatoms. The Morgan fingerprint density at radius 2 is 1.84 bits per heavy atom. The maximum Gasteiger partial charge on any atom is 0.236 e. The number of nitrogens with zero attached hydrogens (tertiary/aromatic N) is 2. The average Bonchev–Trinajstić information content (AvgIpc) is 2.77. The van der Waals surface area contributed by atoms with Crippen LogP contribution >= 0.6 is 23.5 Å². The third-order valence-corrected chi connectivity index (χ3v) is 6.34. The molecule has 0 aliphatic heterocycles. The molecule has 0 spiro atoms. The molecule has 1 aromatic heterocycles. The van der Waals surface area contributed by atoms with E-state index in [2.05, 4.69) is 67.9 Å². The van der Waals surface area contributed by atoms with Crippen molar-refractivity contribution in [3.05, 3.63) is 95.5 Å². The van der Waals surface area contributed by atoms with E-state index in [1.165, 1.54) is 23.7 Å². The number of aromatic nitrogens is 1. The predicted octanol–water partition coefficient (Wildman–Crippen LogP) is 8.04. The molecule has 0 fully saturated rings. The standard InChI is InChI=1S/C26H27ClFN3S/c1-7-20-22(30-32-19-12-10-18(11-13-19)26(3,4)5)15-14-21(27)24(20)17(2)31(6)23-9-8-16-29-25(23)28/h7-16,30H,1-2H2,3-6H3. The van der Waals surface area contributed by atoms with Crippen molar-refractivity contribution in [3.8, 4) is 0 Å². The Morgan fingerprint density at radius 1 is 1.16 bits per heavy atom. The van der Waals surface area contributed by atoms with Crippen LogP contribution in [0.5, 0.6) is 0 Å². The molecular formula is C26H27ClFN3S. The number of rotatable bonds is 7. The Morgan fingerprint density at radius 3 is 2.44 bits per heavy atom. The maximum absolute atomic E-state index is 14.2. The van der Waals surface area contributed by atoms with Gasteiger partial charge in [-0.2, -0.15) is 4.39 Å². The minimum atomic E-state index is -0.573. The fraction of sp³-hybridized carbons (Fsp3) is 0.192. The van der Waals surface area contributed by atoms with Crippen molar-refractivity contribution >= 4 is 46.7 Å². The third-order valence-electron chi connectivity index (χ3n) is 5.19. The van der Waals surface area contributed by atoms with E-state index < -0.39 is 5.95 Å². The molecule has 0 aliphatic carbocycles. The van der Waals surface area contributed by atoms with E-state index in [0.717, 1.165) is 16.1 Å². The Bertz CT molecular complexity index is 1140. The highest BCUT2D eigenvalue weighted by Gasteiger charge is 2.19. The van der Waals surface area contributed by atoms with Crippen molar-refractivity contribution in [1.29, 1.82) is 0 Å². The van der Waals surface area contributed by atoms with Crippen molar-refractivity contribution in [2.24, 2.45) is 0 Å². The van der Waals surface area contributed by atoms with Gasteiger partial charge in [0.2, 0.25) is 5.95 Å². The molecule has 166 valence electrons. The van der Waals surface area contributed by atoms with Crippen LogP contribution in [-0.2, 0) is 5.41 Å².